The minimum absolute atomic E-state index is 0.0126. The third kappa shape index (κ3) is 1.99. The van der Waals surface area contributed by atoms with Crippen molar-refractivity contribution in [3.8, 4) is 12.3 Å². The van der Waals surface area contributed by atoms with Gasteiger partial charge in [0, 0.05) is 0 Å². The lowest BCUT2D eigenvalue weighted by Crippen LogP contribution is -2.52. The van der Waals surface area contributed by atoms with Crippen molar-refractivity contribution in [2.24, 2.45) is 5.92 Å². The van der Waals surface area contributed by atoms with Crippen LogP contribution < -0.4 is 0 Å². The first-order valence-corrected chi connectivity index (χ1v) is 6.23. The molecule has 2 nitrogen and oxygen atoms in total. The number of terminal acetylenes is 1. The number of ether oxygens (including phenoxy) is 2. The van der Waals surface area contributed by atoms with Crippen molar-refractivity contribution in [2.45, 2.75) is 63.8 Å². The van der Waals surface area contributed by atoms with E-state index < -0.39 is 0 Å². The normalized spacial score (nSPS) is 41.4. The molecule has 1 saturated carbocycles. The highest BCUT2D eigenvalue weighted by Gasteiger charge is 2.50. The Bertz CT molecular complexity index is 302. The van der Waals surface area contributed by atoms with Gasteiger partial charge in [0.15, 0.2) is 0 Å². The third-order valence-electron chi connectivity index (χ3n) is 4.29. The molecule has 3 fully saturated rings. The Morgan fingerprint density at radius 1 is 1.31 bits per heavy atom. The van der Waals surface area contributed by atoms with Crippen molar-refractivity contribution < 1.29 is 9.47 Å². The summed E-state index contributed by atoms with van der Waals surface area (Å²) in [6.45, 7) is 6.99. The summed E-state index contributed by atoms with van der Waals surface area (Å²) in [5, 5.41) is 0. The molecule has 0 N–H and O–H groups in total. The first kappa shape index (κ1) is 12.0. The molecule has 0 aromatic carbocycles. The molecule has 0 amide bonds. The molecule has 16 heavy (non-hydrogen) atoms. The molecule has 2 heteroatoms. The molecular formula is C14H22O2. The van der Waals surface area contributed by atoms with E-state index in [1.807, 2.05) is 0 Å². The summed E-state index contributed by atoms with van der Waals surface area (Å²) in [7, 11) is 0. The van der Waals surface area contributed by atoms with Crippen LogP contribution in [0.1, 0.15) is 46.5 Å². The Hall–Kier alpha value is -0.520. The van der Waals surface area contributed by atoms with Crippen LogP contribution in [0.2, 0.25) is 0 Å². The van der Waals surface area contributed by atoms with Crippen LogP contribution >= 0.6 is 0 Å². The van der Waals surface area contributed by atoms with E-state index in [1.165, 1.54) is 12.8 Å². The molecule has 0 radical (unpaired) electrons. The summed E-state index contributed by atoms with van der Waals surface area (Å²) in [5.74, 6) is 3.22. The van der Waals surface area contributed by atoms with Gasteiger partial charge in [-0.25, -0.2) is 0 Å². The first-order valence-electron chi connectivity index (χ1n) is 6.23. The lowest BCUT2D eigenvalue weighted by Gasteiger charge is -2.47. The van der Waals surface area contributed by atoms with Crippen LogP contribution in [0.15, 0.2) is 0 Å². The van der Waals surface area contributed by atoms with Crippen molar-refractivity contribution in [1.29, 1.82) is 0 Å². The third-order valence-corrected chi connectivity index (χ3v) is 4.29. The van der Waals surface area contributed by atoms with Gasteiger partial charge in [-0.1, -0.05) is 5.92 Å². The van der Waals surface area contributed by atoms with Crippen molar-refractivity contribution >= 4 is 0 Å². The second-order valence-electron chi connectivity index (χ2n) is 5.83. The number of fused-ring (bicyclic) bond motifs is 4. The quantitative estimate of drug-likeness (QED) is 0.669. The summed E-state index contributed by atoms with van der Waals surface area (Å²) in [5.41, 5.74) is -0.158. The second-order valence-corrected chi connectivity index (χ2v) is 5.83. The summed E-state index contributed by atoms with van der Waals surface area (Å²) in [4.78, 5) is 0. The molecular weight excluding hydrogens is 200 g/mol. The standard InChI is InChI=1S/C14H22O2/c1-5-10-15-12-7-6-11-8-9-14(12,4)16-13(11,2)3/h1,11-12H,6-10H2,2-4H3. The van der Waals surface area contributed by atoms with Crippen LogP contribution in [0, 0.1) is 18.3 Å². The molecule has 2 bridgehead atoms. The summed E-state index contributed by atoms with van der Waals surface area (Å²) in [6, 6.07) is 0. The zero-order chi connectivity index (χ0) is 11.8. The van der Waals surface area contributed by atoms with Gasteiger partial charge in [-0.3, -0.25) is 0 Å². The van der Waals surface area contributed by atoms with E-state index in [0.717, 1.165) is 12.8 Å². The zero-order valence-electron chi connectivity index (χ0n) is 10.6. The molecule has 1 aliphatic carbocycles. The van der Waals surface area contributed by atoms with E-state index in [0.29, 0.717) is 12.5 Å². The summed E-state index contributed by atoms with van der Waals surface area (Å²) >= 11 is 0. The van der Waals surface area contributed by atoms with Gasteiger partial charge in [-0.15, -0.1) is 6.42 Å². The van der Waals surface area contributed by atoms with E-state index in [2.05, 4.69) is 26.7 Å². The number of hydrogen-bond acceptors (Lipinski definition) is 2. The average Bonchev–Trinajstić information content (AvgIpc) is 2.39. The molecule has 3 rings (SSSR count). The van der Waals surface area contributed by atoms with Gasteiger partial charge in [-0.2, -0.15) is 0 Å². The highest BCUT2D eigenvalue weighted by molar-refractivity contribution is 5.01. The molecule has 0 aromatic rings. The smallest absolute Gasteiger partial charge is 0.107 e. The molecule has 3 aliphatic rings. The summed E-state index contributed by atoms with van der Waals surface area (Å²) in [6.07, 6.45) is 10.0. The molecule has 2 heterocycles. The number of rotatable bonds is 2. The zero-order valence-corrected chi connectivity index (χ0v) is 10.6. The summed E-state index contributed by atoms with van der Waals surface area (Å²) < 4.78 is 12.1. The van der Waals surface area contributed by atoms with Crippen LogP contribution in [-0.2, 0) is 9.47 Å². The predicted molar refractivity (Wildman–Crippen MR) is 64.1 cm³/mol. The lowest BCUT2D eigenvalue weighted by molar-refractivity contribution is -0.219. The van der Waals surface area contributed by atoms with Gasteiger partial charge >= 0.3 is 0 Å². The van der Waals surface area contributed by atoms with Crippen molar-refractivity contribution in [3.05, 3.63) is 0 Å². The van der Waals surface area contributed by atoms with Crippen LogP contribution in [0.4, 0.5) is 0 Å². The van der Waals surface area contributed by atoms with Crippen molar-refractivity contribution in [2.75, 3.05) is 6.61 Å². The molecule has 0 aromatic heterocycles. The van der Waals surface area contributed by atoms with E-state index in [1.54, 1.807) is 0 Å². The Labute approximate surface area is 98.7 Å². The minimum atomic E-state index is -0.145. The maximum absolute atomic E-state index is 6.30. The van der Waals surface area contributed by atoms with Gasteiger partial charge < -0.3 is 9.47 Å². The van der Waals surface area contributed by atoms with Crippen LogP contribution in [-0.4, -0.2) is 23.9 Å². The molecule has 2 aliphatic heterocycles. The van der Waals surface area contributed by atoms with Gasteiger partial charge in [-0.05, 0) is 52.4 Å². The van der Waals surface area contributed by atoms with E-state index >= 15 is 0 Å². The van der Waals surface area contributed by atoms with E-state index in [4.69, 9.17) is 15.9 Å². The topological polar surface area (TPSA) is 18.5 Å². The molecule has 0 spiro atoms. The fourth-order valence-electron chi connectivity index (χ4n) is 3.33. The highest BCUT2D eigenvalue weighted by Crippen LogP contribution is 2.48. The van der Waals surface area contributed by atoms with Gasteiger partial charge in [0.25, 0.3) is 0 Å². The maximum Gasteiger partial charge on any atom is 0.107 e. The maximum atomic E-state index is 6.30. The first-order chi connectivity index (χ1) is 7.48. The van der Waals surface area contributed by atoms with E-state index in [9.17, 15) is 0 Å². The Kier molecular flexibility index (Phi) is 3.03. The van der Waals surface area contributed by atoms with Gasteiger partial charge in [0.2, 0.25) is 0 Å². The Balaban J connectivity index is 2.16. The van der Waals surface area contributed by atoms with Crippen LogP contribution in [0.3, 0.4) is 0 Å². The highest BCUT2D eigenvalue weighted by atomic mass is 16.6. The van der Waals surface area contributed by atoms with Gasteiger partial charge in [0.1, 0.15) is 6.61 Å². The predicted octanol–water partition coefficient (Wildman–Crippen LogP) is 2.76. The SMILES string of the molecule is C#CCOC1CCC2CCC1(C)OC2(C)C. The fraction of sp³-hybridized carbons (Fsp3) is 0.857. The Morgan fingerprint density at radius 3 is 2.69 bits per heavy atom. The van der Waals surface area contributed by atoms with Crippen LogP contribution in [0.25, 0.3) is 0 Å². The monoisotopic (exact) mass is 222 g/mol. The number of hydrogen-bond donors (Lipinski definition) is 0. The fourth-order valence-corrected chi connectivity index (χ4v) is 3.33. The average molecular weight is 222 g/mol. The lowest BCUT2D eigenvalue weighted by atomic mass is 9.80. The van der Waals surface area contributed by atoms with Crippen molar-refractivity contribution in [1.82, 2.24) is 0 Å². The second kappa shape index (κ2) is 4.05. The molecule has 3 atom stereocenters. The molecule has 2 saturated heterocycles. The largest absolute Gasteiger partial charge is 0.366 e. The van der Waals surface area contributed by atoms with Crippen molar-refractivity contribution in [3.63, 3.8) is 0 Å². The van der Waals surface area contributed by atoms with Gasteiger partial charge in [0.05, 0.1) is 17.3 Å². The molecule has 3 unspecified atom stereocenters. The minimum Gasteiger partial charge on any atom is -0.366 e. The molecule has 90 valence electrons. The van der Waals surface area contributed by atoms with E-state index in [-0.39, 0.29) is 17.3 Å². The van der Waals surface area contributed by atoms with Crippen LogP contribution in [0.5, 0.6) is 0 Å². The Morgan fingerprint density at radius 2 is 2.06 bits per heavy atom.